The minimum absolute atomic E-state index is 0.629. The van der Waals surface area contributed by atoms with E-state index in [1.54, 1.807) is 18.6 Å². The molecule has 15 heavy (non-hydrogen) atoms. The highest BCUT2D eigenvalue weighted by atomic mass is 15.0. The van der Waals surface area contributed by atoms with Crippen LogP contribution in [0.25, 0.3) is 0 Å². The first-order chi connectivity index (χ1) is 7.27. The van der Waals surface area contributed by atoms with E-state index in [1.165, 1.54) is 6.33 Å². The van der Waals surface area contributed by atoms with Crippen molar-refractivity contribution in [3.63, 3.8) is 0 Å². The first kappa shape index (κ1) is 9.39. The minimum Gasteiger partial charge on any atom is -0.396 e. The highest BCUT2D eigenvalue weighted by Gasteiger charge is 2.03. The van der Waals surface area contributed by atoms with Crippen molar-refractivity contribution in [1.29, 1.82) is 0 Å². The molecule has 5 nitrogen and oxygen atoms in total. The third-order valence-electron chi connectivity index (χ3n) is 2.03. The molecule has 0 spiro atoms. The molecule has 0 aliphatic carbocycles. The molecule has 0 aliphatic heterocycles. The molecular formula is C10H11N5. The number of nitrogens with two attached hydrogens (primary N) is 1. The van der Waals surface area contributed by atoms with Gasteiger partial charge in [-0.1, -0.05) is 0 Å². The molecule has 0 saturated heterocycles. The van der Waals surface area contributed by atoms with Crippen LogP contribution in [0, 0.1) is 6.92 Å². The van der Waals surface area contributed by atoms with Crippen LogP contribution in [0.2, 0.25) is 0 Å². The first-order valence-corrected chi connectivity index (χ1v) is 4.50. The van der Waals surface area contributed by atoms with Crippen molar-refractivity contribution in [3.05, 3.63) is 36.5 Å². The van der Waals surface area contributed by atoms with Crippen LogP contribution in [0.15, 0.2) is 31.0 Å². The maximum absolute atomic E-state index is 5.86. The van der Waals surface area contributed by atoms with Crippen molar-refractivity contribution in [2.24, 2.45) is 0 Å². The van der Waals surface area contributed by atoms with Gasteiger partial charge in [0.05, 0.1) is 23.8 Å². The number of anilines is 3. The molecule has 0 radical (unpaired) electrons. The second-order valence-electron chi connectivity index (χ2n) is 3.14. The highest BCUT2D eigenvalue weighted by molar-refractivity contribution is 5.70. The zero-order valence-corrected chi connectivity index (χ0v) is 8.31. The number of aromatic nitrogens is 3. The third kappa shape index (κ3) is 2.01. The summed E-state index contributed by atoms with van der Waals surface area (Å²) in [7, 11) is 0. The Balaban J connectivity index is 2.29. The lowest BCUT2D eigenvalue weighted by atomic mass is 10.2. The number of rotatable bonds is 2. The smallest absolute Gasteiger partial charge is 0.153 e. The van der Waals surface area contributed by atoms with Crippen LogP contribution < -0.4 is 11.1 Å². The molecule has 0 amide bonds. The van der Waals surface area contributed by atoms with Crippen molar-refractivity contribution in [2.75, 3.05) is 11.1 Å². The van der Waals surface area contributed by atoms with Gasteiger partial charge in [0.2, 0.25) is 0 Å². The van der Waals surface area contributed by atoms with Crippen LogP contribution in [-0.4, -0.2) is 15.0 Å². The average Bonchev–Trinajstić information content (AvgIpc) is 2.26. The number of nitrogens with zero attached hydrogens (tertiary/aromatic N) is 3. The molecular weight excluding hydrogens is 190 g/mol. The number of nitrogens with one attached hydrogen (secondary N) is 1. The van der Waals surface area contributed by atoms with Gasteiger partial charge in [0.1, 0.15) is 6.33 Å². The van der Waals surface area contributed by atoms with Crippen LogP contribution in [0.1, 0.15) is 5.56 Å². The Bertz CT molecular complexity index is 455. The maximum atomic E-state index is 5.86. The van der Waals surface area contributed by atoms with E-state index in [9.17, 15) is 0 Å². The molecule has 0 aromatic carbocycles. The zero-order valence-electron chi connectivity index (χ0n) is 8.31. The topological polar surface area (TPSA) is 76.7 Å². The average molecular weight is 201 g/mol. The van der Waals surface area contributed by atoms with Crippen LogP contribution >= 0.6 is 0 Å². The summed E-state index contributed by atoms with van der Waals surface area (Å²) >= 11 is 0. The molecule has 3 N–H and O–H groups in total. The van der Waals surface area contributed by atoms with E-state index < -0.39 is 0 Å². The Morgan fingerprint density at radius 3 is 2.73 bits per heavy atom. The normalized spacial score (nSPS) is 9.93. The van der Waals surface area contributed by atoms with Crippen LogP contribution in [-0.2, 0) is 0 Å². The number of pyridine rings is 1. The van der Waals surface area contributed by atoms with E-state index in [-0.39, 0.29) is 0 Å². The lowest BCUT2D eigenvalue weighted by Crippen LogP contribution is -2.01. The Morgan fingerprint density at radius 1 is 1.27 bits per heavy atom. The summed E-state index contributed by atoms with van der Waals surface area (Å²) in [5, 5.41) is 3.05. The summed E-state index contributed by atoms with van der Waals surface area (Å²) in [4.78, 5) is 11.9. The van der Waals surface area contributed by atoms with Crippen molar-refractivity contribution in [1.82, 2.24) is 15.0 Å². The van der Waals surface area contributed by atoms with Gasteiger partial charge in [0.25, 0.3) is 0 Å². The van der Waals surface area contributed by atoms with Gasteiger partial charge in [-0.05, 0) is 18.6 Å². The second kappa shape index (κ2) is 3.91. The Hall–Kier alpha value is -2.17. The fourth-order valence-corrected chi connectivity index (χ4v) is 1.17. The standard InChI is InChI=1S/C10H11N5/c1-7-2-3-14-10(9(7)11)15-8-4-12-6-13-5-8/h2-6H,11H2,1H3,(H,14,15). The van der Waals surface area contributed by atoms with E-state index in [2.05, 4.69) is 20.3 Å². The second-order valence-corrected chi connectivity index (χ2v) is 3.14. The molecule has 0 fully saturated rings. The van der Waals surface area contributed by atoms with Crippen molar-refractivity contribution < 1.29 is 0 Å². The van der Waals surface area contributed by atoms with Crippen molar-refractivity contribution in [2.45, 2.75) is 6.92 Å². The van der Waals surface area contributed by atoms with Gasteiger partial charge in [0, 0.05) is 6.20 Å². The van der Waals surface area contributed by atoms with E-state index in [4.69, 9.17) is 5.73 Å². The predicted octanol–water partition coefficient (Wildman–Crippen LogP) is 1.51. The lowest BCUT2D eigenvalue weighted by Gasteiger charge is -2.08. The number of hydrogen-bond donors (Lipinski definition) is 2. The molecule has 2 heterocycles. The minimum atomic E-state index is 0.629. The monoisotopic (exact) mass is 201 g/mol. The van der Waals surface area contributed by atoms with Gasteiger partial charge >= 0.3 is 0 Å². The summed E-state index contributed by atoms with van der Waals surface area (Å²) in [5.41, 5.74) is 8.26. The Morgan fingerprint density at radius 2 is 2.00 bits per heavy atom. The Labute approximate surface area is 87.4 Å². The summed E-state index contributed by atoms with van der Waals surface area (Å²) in [6.45, 7) is 1.93. The van der Waals surface area contributed by atoms with Gasteiger partial charge in [-0.3, -0.25) is 0 Å². The quantitative estimate of drug-likeness (QED) is 0.770. The predicted molar refractivity (Wildman–Crippen MR) is 58.7 cm³/mol. The van der Waals surface area contributed by atoms with Gasteiger partial charge in [-0.15, -0.1) is 0 Å². The molecule has 2 rings (SSSR count). The fraction of sp³-hybridized carbons (Fsp3) is 0.100. The highest BCUT2D eigenvalue weighted by Crippen LogP contribution is 2.21. The lowest BCUT2D eigenvalue weighted by molar-refractivity contribution is 1.16. The zero-order chi connectivity index (χ0) is 10.7. The summed E-state index contributed by atoms with van der Waals surface area (Å²) in [6, 6.07) is 1.86. The number of aryl methyl sites for hydroxylation is 1. The number of nitrogen functional groups attached to an aromatic ring is 1. The van der Waals surface area contributed by atoms with E-state index >= 15 is 0 Å². The fourth-order valence-electron chi connectivity index (χ4n) is 1.17. The van der Waals surface area contributed by atoms with Crippen LogP contribution in [0.4, 0.5) is 17.2 Å². The number of hydrogen-bond acceptors (Lipinski definition) is 5. The van der Waals surface area contributed by atoms with E-state index in [1.807, 2.05) is 13.0 Å². The van der Waals surface area contributed by atoms with Gasteiger partial charge in [-0.2, -0.15) is 0 Å². The molecule has 0 bridgehead atoms. The van der Waals surface area contributed by atoms with E-state index in [0.717, 1.165) is 11.3 Å². The van der Waals surface area contributed by atoms with Crippen molar-refractivity contribution >= 4 is 17.2 Å². The Kier molecular flexibility index (Phi) is 2.45. The molecule has 76 valence electrons. The molecule has 0 aliphatic rings. The summed E-state index contributed by atoms with van der Waals surface area (Å²) in [5.74, 6) is 0.629. The molecule has 0 saturated carbocycles. The molecule has 2 aromatic rings. The largest absolute Gasteiger partial charge is 0.396 e. The molecule has 2 aromatic heterocycles. The van der Waals surface area contributed by atoms with Crippen LogP contribution in [0.5, 0.6) is 0 Å². The van der Waals surface area contributed by atoms with Crippen LogP contribution in [0.3, 0.4) is 0 Å². The molecule has 0 unspecified atom stereocenters. The van der Waals surface area contributed by atoms with E-state index in [0.29, 0.717) is 11.5 Å². The summed E-state index contributed by atoms with van der Waals surface area (Å²) < 4.78 is 0. The summed E-state index contributed by atoms with van der Waals surface area (Å²) in [6.07, 6.45) is 6.50. The van der Waals surface area contributed by atoms with Gasteiger partial charge in [0.15, 0.2) is 5.82 Å². The maximum Gasteiger partial charge on any atom is 0.153 e. The molecule has 5 heteroatoms. The van der Waals surface area contributed by atoms with Gasteiger partial charge < -0.3 is 11.1 Å². The molecule has 0 atom stereocenters. The van der Waals surface area contributed by atoms with Gasteiger partial charge in [-0.25, -0.2) is 15.0 Å². The SMILES string of the molecule is Cc1ccnc(Nc2cncnc2)c1N. The van der Waals surface area contributed by atoms with Crippen molar-refractivity contribution in [3.8, 4) is 0 Å². The third-order valence-corrected chi connectivity index (χ3v) is 2.03. The first-order valence-electron chi connectivity index (χ1n) is 4.50.